The van der Waals surface area contributed by atoms with Crippen molar-refractivity contribution in [2.75, 3.05) is 75.0 Å². The number of fused-ring (bicyclic) bond motifs is 2. The number of rotatable bonds is 11. The molecule has 4 aliphatic heterocycles. The highest BCUT2D eigenvalue weighted by Gasteiger charge is 2.51. The predicted octanol–water partition coefficient (Wildman–Crippen LogP) is 5.78. The topological polar surface area (TPSA) is 270 Å². The highest BCUT2D eigenvalue weighted by Crippen LogP contribution is 2.38. The van der Waals surface area contributed by atoms with Gasteiger partial charge in [-0.1, -0.05) is 110 Å². The summed E-state index contributed by atoms with van der Waals surface area (Å²) in [6.45, 7) is 10.7. The second-order valence-corrected chi connectivity index (χ2v) is 29.5. The van der Waals surface area contributed by atoms with E-state index in [9.17, 15) is 51.5 Å². The number of carbonyl (C=O) groups excluding carboxylic acids is 12. The summed E-state index contributed by atoms with van der Waals surface area (Å²) >= 11 is 6.15. The van der Waals surface area contributed by atoms with E-state index in [0.29, 0.717) is 63.6 Å². The molecule has 0 unspecified atom stereocenters. The average molecular weight is 1410 g/mol. The molecule has 28 heteroatoms. The summed E-state index contributed by atoms with van der Waals surface area (Å²) in [6.07, 6.45) is 4.22. The highest BCUT2D eigenvalue weighted by molar-refractivity contribution is 6.31. The summed E-state index contributed by atoms with van der Waals surface area (Å²) in [5.41, 5.74) is -2.35. The van der Waals surface area contributed by atoms with Gasteiger partial charge in [0.15, 0.2) is 0 Å². The second-order valence-electron chi connectivity index (χ2n) is 29.1. The first kappa shape index (κ1) is 79.3. The summed E-state index contributed by atoms with van der Waals surface area (Å²) in [5, 5.41) is 8.14. The summed E-state index contributed by atoms with van der Waals surface area (Å²) in [4.78, 5) is 191. The average Bonchev–Trinajstić information content (AvgIpc) is 1.76. The molecule has 2 saturated carbocycles. The molecule has 4 saturated heterocycles. The monoisotopic (exact) mass is 1410 g/mol. The Morgan fingerprint density at radius 2 is 1.27 bits per heavy atom. The maximum Gasteiger partial charge on any atom is 0.417 e. The molecule has 12 amide bonds. The molecule has 0 radical (unpaired) electrons. The lowest BCUT2D eigenvalue weighted by molar-refractivity contribution is -0.160. The molecule has 4 heterocycles. The van der Waals surface area contributed by atoms with Crippen LogP contribution < -0.4 is 16.0 Å². The van der Waals surface area contributed by atoms with E-state index in [1.54, 1.807) is 25.7 Å². The fourth-order valence-electron chi connectivity index (χ4n) is 15.4. The number of likely N-dealkylation sites (N-methyl/N-ethyl adjacent to an activating group) is 6. The van der Waals surface area contributed by atoms with E-state index in [2.05, 4.69) is 16.0 Å². The van der Waals surface area contributed by atoms with E-state index < -0.39 is 172 Å². The fraction of sp³-hybridized carbons (Fsp3) is 0.746. The zero-order valence-electron chi connectivity index (χ0n) is 60.2. The van der Waals surface area contributed by atoms with Crippen molar-refractivity contribution in [1.82, 2.24) is 60.0 Å². The molecule has 1 spiro atoms. The van der Waals surface area contributed by atoms with Crippen LogP contribution in [-0.4, -0.2) is 250 Å². The van der Waals surface area contributed by atoms with Gasteiger partial charge in [-0.05, 0) is 119 Å². The van der Waals surface area contributed by atoms with Gasteiger partial charge < -0.3 is 60.0 Å². The predicted molar refractivity (Wildman–Crippen MR) is 364 cm³/mol. The normalized spacial score (nSPS) is 27.9. The van der Waals surface area contributed by atoms with E-state index >= 15 is 19.2 Å². The lowest BCUT2D eigenvalue weighted by Crippen LogP contribution is -2.65. The van der Waals surface area contributed by atoms with Crippen molar-refractivity contribution < 1.29 is 70.7 Å². The van der Waals surface area contributed by atoms with Crippen molar-refractivity contribution in [1.29, 1.82) is 0 Å². The van der Waals surface area contributed by atoms with Gasteiger partial charge in [-0.2, -0.15) is 13.2 Å². The minimum absolute atomic E-state index is 0.0244. The van der Waals surface area contributed by atoms with Crippen molar-refractivity contribution in [3.05, 3.63) is 34.3 Å². The largest absolute Gasteiger partial charge is 0.417 e. The van der Waals surface area contributed by atoms with E-state index in [1.165, 1.54) is 89.6 Å². The Bertz CT molecular complexity index is 3120. The number of aryl methyl sites for hydroxylation is 1. The van der Waals surface area contributed by atoms with Crippen molar-refractivity contribution in [3.63, 3.8) is 0 Å². The molecular formula is C71H108ClF3N12O12. The number of hydrogen-bond donors (Lipinski definition) is 3. The third-order valence-corrected chi connectivity index (χ3v) is 22.3. The first-order valence-electron chi connectivity index (χ1n) is 35.9. The molecule has 0 aromatic heterocycles. The molecule has 2 aliphatic carbocycles. The summed E-state index contributed by atoms with van der Waals surface area (Å²) in [5.74, 6) is -8.68. The zero-order chi connectivity index (χ0) is 73.1. The Hall–Kier alpha value is -7.06. The molecule has 0 bridgehead atoms. The number of alkyl halides is 3. The number of halogens is 4. The van der Waals surface area contributed by atoms with Crippen LogP contribution in [0.3, 0.4) is 0 Å². The van der Waals surface area contributed by atoms with Crippen LogP contribution in [0.4, 0.5) is 13.2 Å². The molecule has 3 N–H and O–H groups in total. The van der Waals surface area contributed by atoms with Crippen molar-refractivity contribution in [2.24, 2.45) is 17.8 Å². The third kappa shape index (κ3) is 18.5. The maximum absolute atomic E-state index is 15.4. The first-order chi connectivity index (χ1) is 46.7. The van der Waals surface area contributed by atoms with E-state index in [4.69, 9.17) is 11.6 Å². The van der Waals surface area contributed by atoms with Crippen molar-refractivity contribution >= 4 is 82.5 Å². The highest BCUT2D eigenvalue weighted by atomic mass is 35.5. The Kier molecular flexibility index (Phi) is 27.7. The number of piperidine rings is 1. The lowest BCUT2D eigenvalue weighted by atomic mass is 9.84. The minimum atomic E-state index is -4.76. The maximum atomic E-state index is 15.4. The molecule has 99 heavy (non-hydrogen) atoms. The molecule has 1 aromatic rings. The second kappa shape index (κ2) is 34.5. The number of nitrogens with one attached hydrogen (secondary N) is 3. The SMILES string of the molecule is CCC[C@H]1C(=O)N[C@@H]([C@@H](C)CC)C(=O)N(C)[C@@H](C)C(=O)N2CC[C@H]2C(=O)N(C)[C@@H](CC2CCCCC2)C(=O)N(C)CC(=O)N[C@@H](CCc2ccc(C(F)(F)F)c(Cl)c2)C(=O)N2CCC[C@H]2C(=O)NC2(CCCC2)C(=O)N(C)[C@@H](C(C)C)C(=O)N(C)[C@H](C(=O)N2CCCCC2)CC(=O)N1C. The fourth-order valence-corrected chi connectivity index (χ4v) is 15.7. The minimum Gasteiger partial charge on any atom is -0.343 e. The molecule has 1 aromatic carbocycles. The molecule has 6 aliphatic rings. The molecular weight excluding hydrogens is 1310 g/mol. The Labute approximate surface area is 586 Å². The van der Waals surface area contributed by atoms with Gasteiger partial charge in [-0.15, -0.1) is 0 Å². The lowest BCUT2D eigenvalue weighted by Gasteiger charge is -2.45. The summed E-state index contributed by atoms with van der Waals surface area (Å²) < 4.78 is 41.6. The third-order valence-electron chi connectivity index (χ3n) is 22.0. The number of benzene rings is 1. The van der Waals surface area contributed by atoms with Gasteiger partial charge in [-0.3, -0.25) is 57.5 Å². The number of likely N-dealkylation sites (tertiary alicyclic amines) is 1. The van der Waals surface area contributed by atoms with Crippen LogP contribution in [0, 0.1) is 17.8 Å². The van der Waals surface area contributed by atoms with Crippen LogP contribution in [0.5, 0.6) is 0 Å². The van der Waals surface area contributed by atoms with Crippen LogP contribution in [-0.2, 0) is 70.1 Å². The van der Waals surface area contributed by atoms with Crippen LogP contribution in [0.15, 0.2) is 18.2 Å². The van der Waals surface area contributed by atoms with Crippen LogP contribution in [0.1, 0.15) is 188 Å². The Morgan fingerprint density at radius 1 is 0.636 bits per heavy atom. The number of nitrogens with zero attached hydrogens (tertiary/aromatic N) is 9. The van der Waals surface area contributed by atoms with Gasteiger partial charge in [0, 0.05) is 68.5 Å². The Balaban J connectivity index is 1.28. The van der Waals surface area contributed by atoms with Crippen LogP contribution in [0.2, 0.25) is 5.02 Å². The molecule has 10 atom stereocenters. The number of carbonyl (C=O) groups is 12. The molecule has 552 valence electrons. The standard InChI is InChI=1S/C71H108ClF3N12O12/c1-13-24-51-60(90)77-58(44(5)14-2)67(97)80(8)45(6)62(92)87-38-32-53(87)65(95)82(10)54(40-46-25-17-15-18-26-46)64(94)79(7)42-56(88)76-50(31-29-47-28-30-48(49(72)39-47)71(73,74)75)63(93)86-37-23-27-52(86)61(91)78-70(33-19-20-34-70)69(99)84(12)59(43(3)4)68(98)83(11)55(41-57(89)81(51)9)66(96)85-35-21-16-22-36-85/h28,30,39,43-46,50-55,58-59H,13-27,29,31-38,40-42H2,1-12H3,(H,76,88)(H,77,90)(H,78,91)/t44-,45-,50-,51-,52-,53-,54-,55-,58-,59-/m0/s1. The zero-order valence-corrected chi connectivity index (χ0v) is 60.9. The van der Waals surface area contributed by atoms with E-state index in [-0.39, 0.29) is 70.4 Å². The molecule has 24 nitrogen and oxygen atoms in total. The van der Waals surface area contributed by atoms with Gasteiger partial charge >= 0.3 is 6.18 Å². The first-order valence-corrected chi connectivity index (χ1v) is 36.3. The van der Waals surface area contributed by atoms with Gasteiger partial charge in [-0.25, -0.2) is 0 Å². The van der Waals surface area contributed by atoms with Crippen molar-refractivity contribution in [2.45, 2.75) is 249 Å². The number of amides is 12. The van der Waals surface area contributed by atoms with E-state index in [0.717, 1.165) is 55.6 Å². The van der Waals surface area contributed by atoms with Gasteiger partial charge in [0.25, 0.3) is 0 Å². The summed E-state index contributed by atoms with van der Waals surface area (Å²) in [7, 11) is 8.59. The van der Waals surface area contributed by atoms with E-state index in [1.807, 2.05) is 13.8 Å². The van der Waals surface area contributed by atoms with Crippen LogP contribution in [0.25, 0.3) is 0 Å². The van der Waals surface area contributed by atoms with Gasteiger partial charge in [0.1, 0.15) is 59.9 Å². The molecule has 7 rings (SSSR count). The quantitative estimate of drug-likeness (QED) is 0.238. The van der Waals surface area contributed by atoms with Crippen molar-refractivity contribution in [3.8, 4) is 0 Å². The smallest absolute Gasteiger partial charge is 0.343 e. The van der Waals surface area contributed by atoms with Gasteiger partial charge in [0.2, 0.25) is 70.9 Å². The summed E-state index contributed by atoms with van der Waals surface area (Å²) in [6, 6.07) is -7.79. The van der Waals surface area contributed by atoms with Gasteiger partial charge in [0.05, 0.1) is 23.6 Å². The Morgan fingerprint density at radius 3 is 1.86 bits per heavy atom. The number of hydrogen-bond acceptors (Lipinski definition) is 12. The molecule has 6 fully saturated rings. The van der Waals surface area contributed by atoms with Crippen LogP contribution >= 0.6 is 11.6 Å².